The van der Waals surface area contributed by atoms with E-state index in [1.54, 1.807) is 0 Å². The van der Waals surface area contributed by atoms with Crippen LogP contribution in [0, 0.1) is 0 Å². The highest BCUT2D eigenvalue weighted by molar-refractivity contribution is 7.10. The van der Waals surface area contributed by atoms with Gasteiger partial charge in [0.25, 0.3) is 0 Å². The molecular formula is C19H25N3O2S. The average molecular weight is 359 g/mol. The molecule has 0 unspecified atom stereocenters. The van der Waals surface area contributed by atoms with Gasteiger partial charge in [0.1, 0.15) is 6.10 Å². The van der Waals surface area contributed by atoms with Gasteiger partial charge in [0.2, 0.25) is 5.91 Å². The van der Waals surface area contributed by atoms with Crippen LogP contribution in [-0.4, -0.2) is 60.6 Å². The first kappa shape index (κ1) is 18.1. The number of hydrogen-bond donors (Lipinski definition) is 2. The van der Waals surface area contributed by atoms with Gasteiger partial charge in [0.05, 0.1) is 6.54 Å². The van der Waals surface area contributed by atoms with Gasteiger partial charge in [-0.2, -0.15) is 0 Å². The van der Waals surface area contributed by atoms with Crippen molar-refractivity contribution < 1.29 is 9.90 Å². The number of nitrogens with zero attached hydrogens (tertiary/aromatic N) is 2. The predicted octanol–water partition coefficient (Wildman–Crippen LogP) is 2.41. The van der Waals surface area contributed by atoms with Gasteiger partial charge in [-0.3, -0.25) is 9.69 Å². The normalized spacial score (nSPS) is 17.8. The highest BCUT2D eigenvalue weighted by atomic mass is 32.1. The van der Waals surface area contributed by atoms with E-state index in [1.165, 1.54) is 11.3 Å². The van der Waals surface area contributed by atoms with Crippen LogP contribution in [0.3, 0.4) is 0 Å². The van der Waals surface area contributed by atoms with E-state index in [0.29, 0.717) is 6.54 Å². The van der Waals surface area contributed by atoms with E-state index in [0.717, 1.165) is 48.7 Å². The number of nitrogens with one attached hydrogen (secondary N) is 1. The van der Waals surface area contributed by atoms with Crippen molar-refractivity contribution in [2.24, 2.45) is 0 Å². The molecule has 2 aromatic rings. The molecule has 2 heterocycles. The topological polar surface area (TPSA) is 55.8 Å². The molecule has 2 N–H and O–H groups in total. The second-order valence-corrected chi connectivity index (χ2v) is 7.50. The molecule has 3 rings (SSSR count). The Kier molecular flexibility index (Phi) is 6.20. The van der Waals surface area contributed by atoms with E-state index < -0.39 is 6.10 Å². The third-order valence-corrected chi connectivity index (χ3v) is 5.43. The first-order chi connectivity index (χ1) is 12.1. The highest BCUT2D eigenvalue weighted by Gasteiger charge is 2.15. The van der Waals surface area contributed by atoms with Crippen LogP contribution in [0.15, 0.2) is 41.8 Å². The first-order valence-electron chi connectivity index (χ1n) is 8.64. The Bertz CT molecular complexity index is 672. The summed E-state index contributed by atoms with van der Waals surface area (Å²) in [6.07, 6.45) is 0.484. The zero-order valence-electron chi connectivity index (χ0n) is 14.5. The molecule has 1 aromatic carbocycles. The number of amides is 1. The molecule has 1 aliphatic heterocycles. The summed E-state index contributed by atoms with van der Waals surface area (Å²) < 4.78 is 0. The van der Waals surface area contributed by atoms with Gasteiger partial charge in [-0.15, -0.1) is 11.3 Å². The highest BCUT2D eigenvalue weighted by Crippen LogP contribution is 2.26. The lowest BCUT2D eigenvalue weighted by Gasteiger charge is -2.19. The molecule has 1 aromatic heterocycles. The minimum absolute atomic E-state index is 0.0103. The van der Waals surface area contributed by atoms with E-state index in [4.69, 9.17) is 0 Å². The summed E-state index contributed by atoms with van der Waals surface area (Å²) in [7, 11) is 2.12. The zero-order valence-corrected chi connectivity index (χ0v) is 15.3. The van der Waals surface area contributed by atoms with E-state index >= 15 is 0 Å². The number of hydrogen-bond acceptors (Lipinski definition) is 5. The van der Waals surface area contributed by atoms with Gasteiger partial charge < -0.3 is 15.3 Å². The summed E-state index contributed by atoms with van der Waals surface area (Å²) in [6, 6.07) is 11.3. The van der Waals surface area contributed by atoms with Crippen molar-refractivity contribution in [2.45, 2.75) is 12.5 Å². The maximum atomic E-state index is 12.3. The van der Waals surface area contributed by atoms with Crippen molar-refractivity contribution in [2.75, 3.05) is 45.1 Å². The van der Waals surface area contributed by atoms with Crippen LogP contribution in [0.5, 0.6) is 0 Å². The molecule has 25 heavy (non-hydrogen) atoms. The minimum atomic E-state index is -0.612. The monoisotopic (exact) mass is 359 g/mol. The minimum Gasteiger partial charge on any atom is -0.383 e. The number of aliphatic hydroxyl groups is 1. The number of rotatable bonds is 5. The summed E-state index contributed by atoms with van der Waals surface area (Å²) >= 11 is 1.53. The second-order valence-electron chi connectivity index (χ2n) is 6.52. The summed E-state index contributed by atoms with van der Waals surface area (Å²) in [4.78, 5) is 17.7. The predicted molar refractivity (Wildman–Crippen MR) is 102 cm³/mol. The van der Waals surface area contributed by atoms with E-state index in [1.807, 2.05) is 41.8 Å². The molecule has 0 saturated carbocycles. The molecule has 1 fully saturated rings. The van der Waals surface area contributed by atoms with Gasteiger partial charge in [0, 0.05) is 23.7 Å². The van der Waals surface area contributed by atoms with Crippen LogP contribution in [0.1, 0.15) is 23.0 Å². The zero-order chi connectivity index (χ0) is 17.6. The molecule has 0 spiro atoms. The molecule has 0 bridgehead atoms. The van der Waals surface area contributed by atoms with Gasteiger partial charge in [-0.05, 0) is 55.7 Å². The third kappa shape index (κ3) is 5.12. The Hall–Kier alpha value is -1.73. The second kappa shape index (κ2) is 8.58. The van der Waals surface area contributed by atoms with Crippen molar-refractivity contribution >= 4 is 22.9 Å². The van der Waals surface area contributed by atoms with Crippen LogP contribution in [-0.2, 0) is 4.79 Å². The molecular weight excluding hydrogens is 334 g/mol. The van der Waals surface area contributed by atoms with Gasteiger partial charge >= 0.3 is 0 Å². The SMILES string of the molecule is CN1CCCN(CC(=O)Nc2ccc([C@@H](O)c3cccs3)cc2)CC1. The summed E-state index contributed by atoms with van der Waals surface area (Å²) in [6.45, 7) is 4.40. The average Bonchev–Trinajstić information content (AvgIpc) is 3.06. The fourth-order valence-electron chi connectivity index (χ4n) is 3.02. The number of benzene rings is 1. The third-order valence-electron chi connectivity index (χ3n) is 4.50. The molecule has 1 aliphatic rings. The van der Waals surface area contributed by atoms with Gasteiger partial charge in [-0.1, -0.05) is 18.2 Å². The maximum absolute atomic E-state index is 12.3. The van der Waals surface area contributed by atoms with Gasteiger partial charge in [0.15, 0.2) is 0 Å². The molecule has 0 radical (unpaired) electrons. The molecule has 134 valence electrons. The quantitative estimate of drug-likeness (QED) is 0.861. The van der Waals surface area contributed by atoms with Crippen LogP contribution in [0.25, 0.3) is 0 Å². The van der Waals surface area contributed by atoms with Crippen molar-refractivity contribution in [3.63, 3.8) is 0 Å². The Labute approximate surface area is 152 Å². The van der Waals surface area contributed by atoms with E-state index in [2.05, 4.69) is 22.2 Å². The summed E-state index contributed by atoms with van der Waals surface area (Å²) in [5.41, 5.74) is 1.59. The number of carbonyl (C=O) groups is 1. The van der Waals surface area contributed by atoms with E-state index in [9.17, 15) is 9.90 Å². The van der Waals surface area contributed by atoms with E-state index in [-0.39, 0.29) is 5.91 Å². The van der Waals surface area contributed by atoms with Crippen molar-refractivity contribution in [3.05, 3.63) is 52.2 Å². The van der Waals surface area contributed by atoms with Crippen molar-refractivity contribution in [3.8, 4) is 0 Å². The van der Waals surface area contributed by atoms with Crippen molar-refractivity contribution in [1.29, 1.82) is 0 Å². The summed E-state index contributed by atoms with van der Waals surface area (Å²) in [5.74, 6) is 0.0103. The Morgan fingerprint density at radius 1 is 1.20 bits per heavy atom. The number of aliphatic hydroxyl groups excluding tert-OH is 1. The Balaban J connectivity index is 1.53. The summed E-state index contributed by atoms with van der Waals surface area (Å²) in [5, 5.41) is 15.2. The molecule has 1 saturated heterocycles. The van der Waals surface area contributed by atoms with Crippen LogP contribution in [0.2, 0.25) is 0 Å². The Morgan fingerprint density at radius 2 is 2.00 bits per heavy atom. The number of likely N-dealkylation sites (N-methyl/N-ethyl adjacent to an activating group) is 1. The molecule has 6 heteroatoms. The van der Waals surface area contributed by atoms with Crippen LogP contribution in [0.4, 0.5) is 5.69 Å². The lowest BCUT2D eigenvalue weighted by atomic mass is 10.1. The lowest BCUT2D eigenvalue weighted by Crippen LogP contribution is -2.35. The standard InChI is InChI=1S/C19H25N3O2S/c1-21-9-3-10-22(12-11-21)14-18(23)20-16-7-5-15(6-8-16)19(24)17-4-2-13-25-17/h2,4-8,13,19,24H,3,9-12,14H2,1H3,(H,20,23)/t19-/m1/s1. The molecule has 1 atom stereocenters. The largest absolute Gasteiger partial charge is 0.383 e. The fraction of sp³-hybridized carbons (Fsp3) is 0.421. The molecule has 5 nitrogen and oxygen atoms in total. The van der Waals surface area contributed by atoms with Crippen molar-refractivity contribution in [1.82, 2.24) is 9.80 Å². The fourth-order valence-corrected chi connectivity index (χ4v) is 3.76. The number of carbonyl (C=O) groups excluding carboxylic acids is 1. The molecule has 1 amide bonds. The van der Waals surface area contributed by atoms with Crippen LogP contribution >= 0.6 is 11.3 Å². The molecule has 0 aliphatic carbocycles. The first-order valence-corrected chi connectivity index (χ1v) is 9.52. The lowest BCUT2D eigenvalue weighted by molar-refractivity contribution is -0.117. The maximum Gasteiger partial charge on any atom is 0.238 e. The smallest absolute Gasteiger partial charge is 0.238 e. The number of thiophene rings is 1. The number of anilines is 1. The Morgan fingerprint density at radius 3 is 2.72 bits per heavy atom. The van der Waals surface area contributed by atoms with Gasteiger partial charge in [-0.25, -0.2) is 0 Å². The van der Waals surface area contributed by atoms with Crippen LogP contribution < -0.4 is 5.32 Å².